The highest BCUT2D eigenvalue weighted by atomic mass is 16.5. The zero-order valence-electron chi connectivity index (χ0n) is 9.54. The molecule has 0 N–H and O–H groups in total. The summed E-state index contributed by atoms with van der Waals surface area (Å²) in [7, 11) is 1.33. The maximum absolute atomic E-state index is 11.6. The van der Waals surface area contributed by atoms with E-state index in [2.05, 4.69) is 15.0 Å². The highest BCUT2D eigenvalue weighted by Gasteiger charge is 2.16. The van der Waals surface area contributed by atoms with Crippen LogP contribution in [-0.2, 0) is 4.74 Å². The molecular weight excluding hydrogens is 218 g/mol. The van der Waals surface area contributed by atoms with E-state index in [0.29, 0.717) is 17.1 Å². The minimum atomic E-state index is -0.441. The molecule has 0 aromatic carbocycles. The third-order valence-electron chi connectivity index (χ3n) is 2.21. The molecule has 2 aromatic heterocycles. The van der Waals surface area contributed by atoms with Crippen molar-refractivity contribution in [2.24, 2.45) is 0 Å². The first-order chi connectivity index (χ1) is 8.22. The minimum absolute atomic E-state index is 0.374. The van der Waals surface area contributed by atoms with Crippen LogP contribution >= 0.6 is 0 Å². The van der Waals surface area contributed by atoms with Crippen molar-refractivity contribution < 1.29 is 9.53 Å². The van der Waals surface area contributed by atoms with Gasteiger partial charge >= 0.3 is 5.97 Å². The molecule has 0 fully saturated rings. The molecule has 5 heteroatoms. The number of aromatic nitrogens is 3. The van der Waals surface area contributed by atoms with E-state index >= 15 is 0 Å². The standard InChI is InChI=1S/C12H11N3O2/c1-8-6-9(12(16)17-2)10(15-7-8)11-13-4-3-5-14-11/h3-7H,1-2H3. The monoisotopic (exact) mass is 229 g/mol. The quantitative estimate of drug-likeness (QED) is 0.732. The molecule has 0 saturated heterocycles. The van der Waals surface area contributed by atoms with Crippen molar-refractivity contribution in [2.75, 3.05) is 7.11 Å². The van der Waals surface area contributed by atoms with Crippen LogP contribution in [0.15, 0.2) is 30.7 Å². The van der Waals surface area contributed by atoms with Crippen LogP contribution < -0.4 is 0 Å². The lowest BCUT2D eigenvalue weighted by Gasteiger charge is -2.06. The predicted molar refractivity (Wildman–Crippen MR) is 61.3 cm³/mol. The first-order valence-corrected chi connectivity index (χ1v) is 5.04. The summed E-state index contributed by atoms with van der Waals surface area (Å²) in [5, 5.41) is 0. The van der Waals surface area contributed by atoms with Gasteiger partial charge < -0.3 is 4.74 Å². The number of nitrogens with zero attached hydrogens (tertiary/aromatic N) is 3. The van der Waals surface area contributed by atoms with Gasteiger partial charge in [0.05, 0.1) is 12.7 Å². The molecule has 5 nitrogen and oxygen atoms in total. The third-order valence-corrected chi connectivity index (χ3v) is 2.21. The molecule has 0 atom stereocenters. The van der Waals surface area contributed by atoms with Crippen molar-refractivity contribution >= 4 is 5.97 Å². The van der Waals surface area contributed by atoms with Crippen LogP contribution in [-0.4, -0.2) is 28.0 Å². The second-order valence-corrected chi connectivity index (χ2v) is 3.47. The molecule has 0 saturated carbocycles. The van der Waals surface area contributed by atoms with Gasteiger partial charge in [0.25, 0.3) is 0 Å². The number of hydrogen-bond donors (Lipinski definition) is 0. The van der Waals surface area contributed by atoms with E-state index in [9.17, 15) is 4.79 Å². The highest BCUT2D eigenvalue weighted by molar-refractivity contribution is 5.95. The lowest BCUT2D eigenvalue weighted by molar-refractivity contribution is 0.0601. The fourth-order valence-electron chi connectivity index (χ4n) is 1.43. The van der Waals surface area contributed by atoms with Crippen LogP contribution in [0.1, 0.15) is 15.9 Å². The molecule has 0 aliphatic rings. The van der Waals surface area contributed by atoms with E-state index in [-0.39, 0.29) is 0 Å². The lowest BCUT2D eigenvalue weighted by Crippen LogP contribution is -2.07. The fraction of sp³-hybridized carbons (Fsp3) is 0.167. The van der Waals surface area contributed by atoms with Gasteiger partial charge in [0.1, 0.15) is 5.69 Å². The SMILES string of the molecule is COC(=O)c1cc(C)cnc1-c1ncccn1. The Kier molecular flexibility index (Phi) is 3.09. The molecule has 0 unspecified atom stereocenters. The number of pyridine rings is 1. The minimum Gasteiger partial charge on any atom is -0.465 e. The largest absolute Gasteiger partial charge is 0.465 e. The van der Waals surface area contributed by atoms with Gasteiger partial charge in [-0.2, -0.15) is 0 Å². The maximum atomic E-state index is 11.6. The molecule has 0 radical (unpaired) electrons. The summed E-state index contributed by atoms with van der Waals surface area (Å²) in [4.78, 5) is 24.0. The van der Waals surface area contributed by atoms with Gasteiger partial charge in [-0.1, -0.05) is 0 Å². The molecule has 17 heavy (non-hydrogen) atoms. The molecule has 0 aliphatic carbocycles. The second kappa shape index (κ2) is 4.69. The number of rotatable bonds is 2. The molecule has 0 spiro atoms. The van der Waals surface area contributed by atoms with Crippen molar-refractivity contribution in [3.05, 3.63) is 41.9 Å². The van der Waals surface area contributed by atoms with E-state index in [0.717, 1.165) is 5.56 Å². The van der Waals surface area contributed by atoms with Gasteiger partial charge in [0, 0.05) is 18.6 Å². The predicted octanol–water partition coefficient (Wildman–Crippen LogP) is 1.63. The van der Waals surface area contributed by atoms with Gasteiger partial charge in [0.2, 0.25) is 0 Å². The van der Waals surface area contributed by atoms with Crippen LogP contribution in [0, 0.1) is 6.92 Å². The summed E-state index contributed by atoms with van der Waals surface area (Å²) in [5.41, 5.74) is 1.69. The van der Waals surface area contributed by atoms with Gasteiger partial charge in [-0.15, -0.1) is 0 Å². The van der Waals surface area contributed by atoms with Crippen LogP contribution in [0.3, 0.4) is 0 Å². The molecule has 2 rings (SSSR count). The second-order valence-electron chi connectivity index (χ2n) is 3.47. The fourth-order valence-corrected chi connectivity index (χ4v) is 1.43. The number of esters is 1. The number of methoxy groups -OCH3 is 1. The Morgan fingerprint density at radius 3 is 2.59 bits per heavy atom. The molecule has 0 aliphatic heterocycles. The summed E-state index contributed by atoms with van der Waals surface area (Å²) in [6, 6.07) is 3.42. The van der Waals surface area contributed by atoms with Crippen molar-refractivity contribution in [3.63, 3.8) is 0 Å². The number of ether oxygens (including phenoxy) is 1. The van der Waals surface area contributed by atoms with E-state index in [1.54, 1.807) is 30.7 Å². The average molecular weight is 229 g/mol. The molecule has 86 valence electrons. The summed E-state index contributed by atoms with van der Waals surface area (Å²) in [5.74, 6) is -0.0310. The first-order valence-electron chi connectivity index (χ1n) is 5.04. The lowest BCUT2D eigenvalue weighted by atomic mass is 10.1. The van der Waals surface area contributed by atoms with Crippen LogP contribution in [0.4, 0.5) is 0 Å². The molecule has 2 heterocycles. The van der Waals surface area contributed by atoms with Crippen molar-refractivity contribution in [3.8, 4) is 11.5 Å². The first kappa shape index (κ1) is 11.2. The van der Waals surface area contributed by atoms with Gasteiger partial charge in [-0.25, -0.2) is 14.8 Å². The highest BCUT2D eigenvalue weighted by Crippen LogP contribution is 2.18. The summed E-state index contributed by atoms with van der Waals surface area (Å²) < 4.78 is 4.72. The Bertz CT molecular complexity index is 541. The molecule has 0 amide bonds. The van der Waals surface area contributed by atoms with E-state index in [1.165, 1.54) is 7.11 Å². The maximum Gasteiger partial charge on any atom is 0.340 e. The van der Waals surface area contributed by atoms with E-state index in [4.69, 9.17) is 4.74 Å². The van der Waals surface area contributed by atoms with E-state index in [1.807, 2.05) is 6.92 Å². The van der Waals surface area contributed by atoms with Gasteiger partial charge in [-0.3, -0.25) is 4.98 Å². The Hall–Kier alpha value is -2.30. The van der Waals surface area contributed by atoms with Gasteiger partial charge in [0.15, 0.2) is 5.82 Å². The molecule has 2 aromatic rings. The summed E-state index contributed by atoms with van der Waals surface area (Å²) >= 11 is 0. The average Bonchev–Trinajstić information content (AvgIpc) is 2.38. The molecule has 0 bridgehead atoms. The summed E-state index contributed by atoms with van der Waals surface area (Å²) in [6.07, 6.45) is 4.87. The smallest absolute Gasteiger partial charge is 0.340 e. The normalized spacial score (nSPS) is 10.0. The van der Waals surface area contributed by atoms with Crippen LogP contribution in [0.2, 0.25) is 0 Å². The Labute approximate surface area is 98.5 Å². The summed E-state index contributed by atoms with van der Waals surface area (Å²) in [6.45, 7) is 1.86. The van der Waals surface area contributed by atoms with Crippen LogP contribution in [0.25, 0.3) is 11.5 Å². The number of carbonyl (C=O) groups is 1. The van der Waals surface area contributed by atoms with Gasteiger partial charge in [-0.05, 0) is 24.6 Å². The number of aryl methyl sites for hydroxylation is 1. The Morgan fingerprint density at radius 2 is 1.94 bits per heavy atom. The Balaban J connectivity index is 2.58. The zero-order chi connectivity index (χ0) is 12.3. The third kappa shape index (κ3) is 2.28. The van der Waals surface area contributed by atoms with Crippen LogP contribution in [0.5, 0.6) is 0 Å². The zero-order valence-corrected chi connectivity index (χ0v) is 9.54. The number of hydrogen-bond acceptors (Lipinski definition) is 5. The molecular formula is C12H11N3O2. The topological polar surface area (TPSA) is 65.0 Å². The van der Waals surface area contributed by atoms with Crippen molar-refractivity contribution in [2.45, 2.75) is 6.92 Å². The van der Waals surface area contributed by atoms with E-state index < -0.39 is 5.97 Å². The van der Waals surface area contributed by atoms with Crippen molar-refractivity contribution in [1.82, 2.24) is 15.0 Å². The Morgan fingerprint density at radius 1 is 1.24 bits per heavy atom. The number of carbonyl (C=O) groups excluding carboxylic acids is 1. The van der Waals surface area contributed by atoms with Crippen molar-refractivity contribution in [1.29, 1.82) is 0 Å².